The van der Waals surface area contributed by atoms with Crippen molar-refractivity contribution in [2.75, 3.05) is 10.6 Å². The number of hydrogen-bond donors (Lipinski definition) is 2. The van der Waals surface area contributed by atoms with Gasteiger partial charge in [-0.1, -0.05) is 30.3 Å². The molecular formula is C17H12F3N3O. The Morgan fingerprint density at radius 1 is 0.958 bits per heavy atom. The van der Waals surface area contributed by atoms with Crippen LogP contribution < -0.4 is 10.6 Å². The summed E-state index contributed by atoms with van der Waals surface area (Å²) >= 11 is 0. The maximum Gasteiger partial charge on any atom is 0.418 e. The lowest BCUT2D eigenvalue weighted by atomic mass is 10.1. The molecule has 0 spiro atoms. The number of benzene rings is 2. The van der Waals surface area contributed by atoms with Gasteiger partial charge in [0.25, 0.3) is 0 Å². The molecule has 2 amide bonds. The molecule has 1 aromatic heterocycles. The second-order valence-corrected chi connectivity index (χ2v) is 5.04. The second-order valence-electron chi connectivity index (χ2n) is 5.04. The molecule has 0 saturated heterocycles. The number of aromatic nitrogens is 1. The van der Waals surface area contributed by atoms with Crippen LogP contribution in [-0.2, 0) is 6.18 Å². The summed E-state index contributed by atoms with van der Waals surface area (Å²) in [7, 11) is 0. The molecule has 4 nitrogen and oxygen atoms in total. The van der Waals surface area contributed by atoms with E-state index in [0.717, 1.165) is 17.0 Å². The van der Waals surface area contributed by atoms with Gasteiger partial charge in [-0.2, -0.15) is 13.2 Å². The minimum absolute atomic E-state index is 0.309. The van der Waals surface area contributed by atoms with Crippen molar-refractivity contribution in [3.05, 3.63) is 66.4 Å². The molecule has 0 fully saturated rings. The highest BCUT2D eigenvalue weighted by Crippen LogP contribution is 2.34. The summed E-state index contributed by atoms with van der Waals surface area (Å²) in [6.07, 6.45) is -3.11. The predicted molar refractivity (Wildman–Crippen MR) is 85.8 cm³/mol. The van der Waals surface area contributed by atoms with E-state index in [-0.39, 0.29) is 5.69 Å². The van der Waals surface area contributed by atoms with Gasteiger partial charge in [0, 0.05) is 5.39 Å². The van der Waals surface area contributed by atoms with Crippen LogP contribution in [-0.4, -0.2) is 11.0 Å². The van der Waals surface area contributed by atoms with Gasteiger partial charge in [0.05, 0.1) is 28.7 Å². The fourth-order valence-electron chi connectivity index (χ4n) is 2.26. The van der Waals surface area contributed by atoms with Gasteiger partial charge in [-0.05, 0) is 24.3 Å². The van der Waals surface area contributed by atoms with Crippen LogP contribution >= 0.6 is 0 Å². The lowest BCUT2D eigenvalue weighted by Crippen LogP contribution is -2.21. The number of carbonyl (C=O) groups excluding carboxylic acids is 1. The molecule has 0 atom stereocenters. The zero-order valence-electron chi connectivity index (χ0n) is 12.3. The van der Waals surface area contributed by atoms with Gasteiger partial charge in [0.2, 0.25) is 0 Å². The molecule has 2 aromatic carbocycles. The van der Waals surface area contributed by atoms with E-state index in [1.807, 2.05) is 24.3 Å². The zero-order chi connectivity index (χ0) is 17.2. The van der Waals surface area contributed by atoms with Crippen LogP contribution in [0.1, 0.15) is 5.56 Å². The number of amides is 2. The number of carbonyl (C=O) groups is 1. The monoisotopic (exact) mass is 331 g/mol. The van der Waals surface area contributed by atoms with E-state index in [1.54, 1.807) is 6.07 Å². The summed E-state index contributed by atoms with van der Waals surface area (Å²) in [5, 5.41) is 5.51. The zero-order valence-corrected chi connectivity index (χ0v) is 12.3. The number of hydrogen-bond acceptors (Lipinski definition) is 2. The summed E-state index contributed by atoms with van der Waals surface area (Å²) in [6, 6.07) is 13.0. The second kappa shape index (κ2) is 6.19. The SMILES string of the molecule is O=C(Nc1cnc2ccccc2c1)Nc1ccccc1C(F)(F)F. The van der Waals surface area contributed by atoms with Crippen LogP contribution in [0.5, 0.6) is 0 Å². The van der Waals surface area contributed by atoms with Gasteiger partial charge < -0.3 is 10.6 Å². The number of halogens is 3. The first-order chi connectivity index (χ1) is 11.4. The highest BCUT2D eigenvalue weighted by atomic mass is 19.4. The molecule has 0 unspecified atom stereocenters. The Morgan fingerprint density at radius 3 is 2.46 bits per heavy atom. The van der Waals surface area contributed by atoms with Crippen LogP contribution in [0.3, 0.4) is 0 Å². The van der Waals surface area contributed by atoms with Crippen molar-refractivity contribution >= 4 is 28.3 Å². The van der Waals surface area contributed by atoms with Crippen LogP contribution in [0.25, 0.3) is 10.9 Å². The standard InChI is InChI=1S/C17H12F3N3O/c18-17(19,20)13-6-2-4-8-15(13)23-16(24)22-12-9-11-5-1-3-7-14(11)21-10-12/h1-10H,(H2,22,23,24). The average Bonchev–Trinajstić information content (AvgIpc) is 2.54. The quantitative estimate of drug-likeness (QED) is 0.702. The van der Waals surface area contributed by atoms with Crippen molar-refractivity contribution in [3.8, 4) is 0 Å². The number of rotatable bonds is 2. The number of nitrogens with zero attached hydrogens (tertiary/aromatic N) is 1. The molecule has 0 aliphatic heterocycles. The molecule has 0 aliphatic rings. The molecule has 0 saturated carbocycles. The van der Waals surface area contributed by atoms with Crippen molar-refractivity contribution in [1.82, 2.24) is 4.98 Å². The van der Waals surface area contributed by atoms with Crippen molar-refractivity contribution in [2.24, 2.45) is 0 Å². The Hall–Kier alpha value is -3.09. The third-order valence-electron chi connectivity index (χ3n) is 3.33. The number of anilines is 2. The summed E-state index contributed by atoms with van der Waals surface area (Å²) in [4.78, 5) is 16.2. The topological polar surface area (TPSA) is 54.0 Å². The van der Waals surface area contributed by atoms with E-state index in [4.69, 9.17) is 0 Å². The minimum atomic E-state index is -4.55. The molecule has 3 aromatic rings. The maximum atomic E-state index is 12.9. The van der Waals surface area contributed by atoms with E-state index < -0.39 is 17.8 Å². The first-order valence-electron chi connectivity index (χ1n) is 7.02. The van der Waals surface area contributed by atoms with Crippen molar-refractivity contribution in [2.45, 2.75) is 6.18 Å². The van der Waals surface area contributed by atoms with E-state index in [1.165, 1.54) is 24.4 Å². The van der Waals surface area contributed by atoms with Gasteiger partial charge in [-0.25, -0.2) is 4.79 Å². The van der Waals surface area contributed by atoms with E-state index in [9.17, 15) is 18.0 Å². The third kappa shape index (κ3) is 3.45. The van der Waals surface area contributed by atoms with E-state index in [2.05, 4.69) is 15.6 Å². The van der Waals surface area contributed by atoms with Gasteiger partial charge in [0.1, 0.15) is 0 Å². The normalized spacial score (nSPS) is 11.3. The lowest BCUT2D eigenvalue weighted by molar-refractivity contribution is -0.136. The Bertz CT molecular complexity index is 893. The predicted octanol–water partition coefficient (Wildman–Crippen LogP) is 4.90. The molecule has 0 aliphatic carbocycles. The summed E-state index contributed by atoms with van der Waals surface area (Å²) < 4.78 is 38.8. The van der Waals surface area contributed by atoms with Crippen LogP contribution in [0.4, 0.5) is 29.3 Å². The highest BCUT2D eigenvalue weighted by Gasteiger charge is 2.33. The first-order valence-corrected chi connectivity index (χ1v) is 7.02. The fraction of sp³-hybridized carbons (Fsp3) is 0.0588. The molecule has 122 valence electrons. The van der Waals surface area contributed by atoms with Crippen LogP contribution in [0.2, 0.25) is 0 Å². The van der Waals surface area contributed by atoms with Crippen molar-refractivity contribution in [1.29, 1.82) is 0 Å². The Balaban J connectivity index is 1.78. The summed E-state index contributed by atoms with van der Waals surface area (Å²) in [5.41, 5.74) is -0.0744. The summed E-state index contributed by atoms with van der Waals surface area (Å²) in [5.74, 6) is 0. The third-order valence-corrected chi connectivity index (χ3v) is 3.33. The molecule has 7 heteroatoms. The minimum Gasteiger partial charge on any atom is -0.307 e. The number of nitrogens with one attached hydrogen (secondary N) is 2. The Labute approximate surface area is 135 Å². The smallest absolute Gasteiger partial charge is 0.307 e. The number of alkyl halides is 3. The highest BCUT2D eigenvalue weighted by molar-refractivity contribution is 6.01. The molecule has 0 radical (unpaired) electrons. The number of para-hydroxylation sites is 2. The molecule has 24 heavy (non-hydrogen) atoms. The number of urea groups is 1. The lowest BCUT2D eigenvalue weighted by Gasteiger charge is -2.14. The molecule has 2 N–H and O–H groups in total. The molecule has 1 heterocycles. The fourth-order valence-corrected chi connectivity index (χ4v) is 2.26. The molecule has 3 rings (SSSR count). The average molecular weight is 331 g/mol. The van der Waals surface area contributed by atoms with Crippen LogP contribution in [0, 0.1) is 0 Å². The van der Waals surface area contributed by atoms with E-state index in [0.29, 0.717) is 5.69 Å². The van der Waals surface area contributed by atoms with Gasteiger partial charge in [0.15, 0.2) is 0 Å². The van der Waals surface area contributed by atoms with Gasteiger partial charge >= 0.3 is 12.2 Å². The van der Waals surface area contributed by atoms with Crippen molar-refractivity contribution in [3.63, 3.8) is 0 Å². The van der Waals surface area contributed by atoms with E-state index >= 15 is 0 Å². The molecular weight excluding hydrogens is 319 g/mol. The molecule has 0 bridgehead atoms. The number of pyridine rings is 1. The largest absolute Gasteiger partial charge is 0.418 e. The van der Waals surface area contributed by atoms with Gasteiger partial charge in [-0.3, -0.25) is 4.98 Å². The Morgan fingerprint density at radius 2 is 1.67 bits per heavy atom. The van der Waals surface area contributed by atoms with Gasteiger partial charge in [-0.15, -0.1) is 0 Å². The first kappa shape index (κ1) is 15.8. The number of fused-ring (bicyclic) bond motifs is 1. The maximum absolute atomic E-state index is 12.9. The van der Waals surface area contributed by atoms with Crippen molar-refractivity contribution < 1.29 is 18.0 Å². The summed E-state index contributed by atoms with van der Waals surface area (Å²) in [6.45, 7) is 0. The van der Waals surface area contributed by atoms with Crippen LogP contribution in [0.15, 0.2) is 60.8 Å². The Kier molecular flexibility index (Phi) is 4.07.